The van der Waals surface area contributed by atoms with Crippen LogP contribution in [-0.2, 0) is 4.79 Å². The number of halogens is 1. The van der Waals surface area contributed by atoms with Crippen molar-refractivity contribution in [3.05, 3.63) is 59.1 Å². The van der Waals surface area contributed by atoms with E-state index in [9.17, 15) is 4.79 Å². The average molecular weight is 317 g/mol. The monoisotopic (exact) mass is 316 g/mol. The van der Waals surface area contributed by atoms with E-state index < -0.39 is 0 Å². The molecule has 106 valence electrons. The van der Waals surface area contributed by atoms with Gasteiger partial charge in [0.05, 0.1) is 11.4 Å². The highest BCUT2D eigenvalue weighted by atomic mass is 35.5. The summed E-state index contributed by atoms with van der Waals surface area (Å²) in [4.78, 5) is 14.4. The van der Waals surface area contributed by atoms with Gasteiger partial charge in [0.2, 0.25) is 5.91 Å². The summed E-state index contributed by atoms with van der Waals surface area (Å²) in [6.07, 6.45) is 0.513. The average Bonchev–Trinajstić information content (AvgIpc) is 2.86. The molecule has 3 nitrogen and oxygen atoms in total. The van der Waals surface area contributed by atoms with Crippen LogP contribution in [0.1, 0.15) is 17.2 Å². The van der Waals surface area contributed by atoms with Gasteiger partial charge in [-0.15, -0.1) is 11.8 Å². The van der Waals surface area contributed by atoms with E-state index in [-0.39, 0.29) is 16.7 Å². The number of nitrogens with one attached hydrogen (secondary N) is 1. The summed E-state index contributed by atoms with van der Waals surface area (Å²) in [5.41, 5.74) is 3.13. The highest BCUT2D eigenvalue weighted by Crippen LogP contribution is 2.48. The molecule has 2 aliphatic heterocycles. The molecular formula is C16H13ClN2OS. The maximum Gasteiger partial charge on any atom is 0.230 e. The fraction of sp³-hybridized carbons (Fsp3) is 0.188. The van der Waals surface area contributed by atoms with Gasteiger partial charge in [-0.25, -0.2) is 0 Å². The summed E-state index contributed by atoms with van der Waals surface area (Å²) in [6.45, 7) is 0. The number of anilines is 2. The number of amides is 1. The van der Waals surface area contributed by atoms with Crippen molar-refractivity contribution in [2.75, 3.05) is 10.2 Å². The van der Waals surface area contributed by atoms with Crippen molar-refractivity contribution in [3.8, 4) is 0 Å². The third kappa shape index (κ3) is 2.19. The van der Waals surface area contributed by atoms with Crippen molar-refractivity contribution in [1.29, 1.82) is 0 Å². The third-order valence-corrected chi connectivity index (χ3v) is 5.45. The molecule has 1 N–H and O–H groups in total. The normalized spacial score (nSPS) is 23.5. The van der Waals surface area contributed by atoms with Crippen LogP contribution in [0.4, 0.5) is 11.4 Å². The van der Waals surface area contributed by atoms with Gasteiger partial charge in [-0.05, 0) is 29.8 Å². The zero-order valence-electron chi connectivity index (χ0n) is 11.1. The van der Waals surface area contributed by atoms with E-state index in [0.717, 1.165) is 22.0 Å². The number of benzene rings is 2. The molecule has 1 fully saturated rings. The Labute approximate surface area is 132 Å². The Balaban J connectivity index is 1.63. The maximum absolute atomic E-state index is 12.5. The third-order valence-electron chi connectivity index (χ3n) is 3.84. The van der Waals surface area contributed by atoms with E-state index in [0.29, 0.717) is 6.42 Å². The molecule has 0 unspecified atom stereocenters. The minimum absolute atomic E-state index is 0.0238. The highest BCUT2D eigenvalue weighted by molar-refractivity contribution is 8.00. The lowest BCUT2D eigenvalue weighted by molar-refractivity contribution is -0.118. The minimum Gasteiger partial charge on any atom is -0.355 e. The molecule has 0 aromatic heterocycles. The van der Waals surface area contributed by atoms with E-state index in [1.165, 1.54) is 0 Å². The van der Waals surface area contributed by atoms with Gasteiger partial charge in [0.1, 0.15) is 0 Å². The first-order valence-electron chi connectivity index (χ1n) is 6.81. The number of hydrogen-bond donors (Lipinski definition) is 1. The molecule has 0 saturated carbocycles. The quantitative estimate of drug-likeness (QED) is 0.853. The van der Waals surface area contributed by atoms with E-state index >= 15 is 0 Å². The van der Waals surface area contributed by atoms with E-state index in [4.69, 9.17) is 11.6 Å². The van der Waals surface area contributed by atoms with E-state index in [1.54, 1.807) is 11.8 Å². The van der Waals surface area contributed by atoms with Crippen molar-refractivity contribution in [3.63, 3.8) is 0 Å². The summed E-state index contributed by atoms with van der Waals surface area (Å²) >= 11 is 7.71. The van der Waals surface area contributed by atoms with Gasteiger partial charge in [0, 0.05) is 16.7 Å². The molecule has 4 rings (SSSR count). The van der Waals surface area contributed by atoms with Crippen LogP contribution in [-0.4, -0.2) is 11.4 Å². The Hall–Kier alpha value is -1.65. The molecule has 0 aliphatic carbocycles. The number of thioether (sulfide) groups is 1. The zero-order valence-corrected chi connectivity index (χ0v) is 12.7. The lowest BCUT2D eigenvalue weighted by Crippen LogP contribution is -2.43. The first kappa shape index (κ1) is 13.0. The summed E-state index contributed by atoms with van der Waals surface area (Å²) in [5, 5.41) is 4.31. The Bertz CT molecular complexity index is 704. The van der Waals surface area contributed by atoms with E-state index in [1.807, 2.05) is 53.4 Å². The van der Waals surface area contributed by atoms with Crippen molar-refractivity contribution < 1.29 is 4.79 Å². The van der Waals surface area contributed by atoms with Crippen molar-refractivity contribution in [2.45, 2.75) is 17.2 Å². The molecule has 1 saturated heterocycles. The fourth-order valence-corrected chi connectivity index (χ4v) is 4.36. The molecule has 2 aromatic rings. The molecule has 2 aromatic carbocycles. The lowest BCUT2D eigenvalue weighted by atomic mass is 10.1. The summed E-state index contributed by atoms with van der Waals surface area (Å²) in [7, 11) is 0. The van der Waals surface area contributed by atoms with Crippen LogP contribution in [0, 0.1) is 0 Å². The molecule has 0 radical (unpaired) electrons. The summed E-state index contributed by atoms with van der Waals surface area (Å²) < 4.78 is 0. The number of carbonyl (C=O) groups excluding carboxylic acids is 1. The van der Waals surface area contributed by atoms with Gasteiger partial charge >= 0.3 is 0 Å². The number of rotatable bonds is 1. The molecule has 5 heteroatoms. The SMILES string of the molecule is O=C1C[C@H](c2ccc(Cl)cc2)S[C@@H]2Nc3ccccc3N12. The molecule has 0 spiro atoms. The molecular weight excluding hydrogens is 304 g/mol. The van der Waals surface area contributed by atoms with Gasteiger partial charge in [-0.3, -0.25) is 9.69 Å². The van der Waals surface area contributed by atoms with Gasteiger partial charge in [-0.2, -0.15) is 0 Å². The number of fused-ring (bicyclic) bond motifs is 3. The Kier molecular flexibility index (Phi) is 3.08. The zero-order chi connectivity index (χ0) is 14.4. The topological polar surface area (TPSA) is 32.3 Å². The smallest absolute Gasteiger partial charge is 0.230 e. The second-order valence-electron chi connectivity index (χ2n) is 5.16. The standard InChI is InChI=1S/C16H13ClN2OS/c17-11-7-5-10(6-8-11)14-9-15(20)19-13-4-2-1-3-12(13)18-16(19)21-14/h1-8,14,16,18H,9H2/t14-,16-/m1/s1. The van der Waals surface area contributed by atoms with Gasteiger partial charge in [0.15, 0.2) is 5.50 Å². The predicted octanol–water partition coefficient (Wildman–Crippen LogP) is 4.26. The molecule has 2 aliphatic rings. The lowest BCUT2D eigenvalue weighted by Gasteiger charge is -2.34. The van der Waals surface area contributed by atoms with Gasteiger partial charge in [0.25, 0.3) is 0 Å². The molecule has 0 bridgehead atoms. The second kappa shape index (κ2) is 4.97. The Morgan fingerprint density at radius 2 is 1.90 bits per heavy atom. The Morgan fingerprint density at radius 3 is 2.71 bits per heavy atom. The predicted molar refractivity (Wildman–Crippen MR) is 87.7 cm³/mol. The number of carbonyl (C=O) groups is 1. The van der Waals surface area contributed by atoms with Crippen LogP contribution in [0.15, 0.2) is 48.5 Å². The largest absolute Gasteiger partial charge is 0.355 e. The van der Waals surface area contributed by atoms with Crippen LogP contribution in [0.5, 0.6) is 0 Å². The first-order chi connectivity index (χ1) is 10.2. The first-order valence-corrected chi connectivity index (χ1v) is 8.13. The minimum atomic E-state index is -0.0238. The molecule has 2 atom stereocenters. The molecule has 2 heterocycles. The van der Waals surface area contributed by atoms with Crippen molar-refractivity contribution >= 4 is 40.6 Å². The van der Waals surface area contributed by atoms with Crippen LogP contribution < -0.4 is 10.2 Å². The molecule has 21 heavy (non-hydrogen) atoms. The highest BCUT2D eigenvalue weighted by Gasteiger charge is 2.40. The summed E-state index contributed by atoms with van der Waals surface area (Å²) in [5.74, 6) is 0.163. The van der Waals surface area contributed by atoms with Crippen molar-refractivity contribution in [2.24, 2.45) is 0 Å². The summed E-state index contributed by atoms with van der Waals surface area (Å²) in [6, 6.07) is 15.7. The fourth-order valence-electron chi connectivity index (χ4n) is 2.82. The maximum atomic E-state index is 12.5. The second-order valence-corrected chi connectivity index (χ2v) is 6.88. The van der Waals surface area contributed by atoms with Crippen LogP contribution in [0.3, 0.4) is 0 Å². The van der Waals surface area contributed by atoms with Crippen LogP contribution in [0.2, 0.25) is 5.02 Å². The molecule has 1 amide bonds. The number of hydrogen-bond acceptors (Lipinski definition) is 3. The number of para-hydroxylation sites is 2. The van der Waals surface area contributed by atoms with Gasteiger partial charge in [-0.1, -0.05) is 35.9 Å². The van der Waals surface area contributed by atoms with E-state index in [2.05, 4.69) is 5.32 Å². The van der Waals surface area contributed by atoms with Crippen LogP contribution in [0.25, 0.3) is 0 Å². The van der Waals surface area contributed by atoms with Crippen molar-refractivity contribution in [1.82, 2.24) is 0 Å². The number of nitrogens with zero attached hydrogens (tertiary/aromatic N) is 1. The Morgan fingerprint density at radius 1 is 1.14 bits per heavy atom. The van der Waals surface area contributed by atoms with Crippen LogP contribution >= 0.6 is 23.4 Å². The van der Waals surface area contributed by atoms with Gasteiger partial charge < -0.3 is 5.32 Å².